The number of anilines is 2. The lowest BCUT2D eigenvalue weighted by atomic mass is 9.89. The summed E-state index contributed by atoms with van der Waals surface area (Å²) in [5.74, 6) is -0.701. The van der Waals surface area contributed by atoms with Crippen LogP contribution < -0.4 is 10.2 Å². The van der Waals surface area contributed by atoms with E-state index in [0.717, 1.165) is 59.2 Å². The minimum absolute atomic E-state index is 0.110. The number of amides is 2. The average molecular weight is 513 g/mol. The quantitative estimate of drug-likeness (QED) is 0.529. The summed E-state index contributed by atoms with van der Waals surface area (Å²) in [6.07, 6.45) is 2.70. The van der Waals surface area contributed by atoms with Crippen LogP contribution in [0.3, 0.4) is 0 Å². The van der Waals surface area contributed by atoms with Crippen LogP contribution in [0.4, 0.5) is 15.2 Å². The fourth-order valence-electron chi connectivity index (χ4n) is 4.76. The molecule has 2 heterocycles. The van der Waals surface area contributed by atoms with Crippen LogP contribution in [0.2, 0.25) is 5.02 Å². The highest BCUT2D eigenvalue weighted by atomic mass is 35.5. The maximum absolute atomic E-state index is 13.5. The van der Waals surface area contributed by atoms with Crippen LogP contribution in [0.5, 0.6) is 0 Å². The Kier molecular flexibility index (Phi) is 7.02. The third-order valence-electron chi connectivity index (χ3n) is 6.56. The second kappa shape index (κ2) is 10.3. The van der Waals surface area contributed by atoms with Gasteiger partial charge in [-0.3, -0.25) is 9.59 Å². The van der Waals surface area contributed by atoms with Gasteiger partial charge in [0, 0.05) is 31.1 Å². The summed E-state index contributed by atoms with van der Waals surface area (Å²) >= 11 is 7.80. The number of hydrogen-bond acceptors (Lipinski definition) is 5. The molecule has 2 aliphatic rings. The van der Waals surface area contributed by atoms with Gasteiger partial charge in [0.15, 0.2) is 5.13 Å². The Labute approximate surface area is 212 Å². The number of halogens is 2. The maximum atomic E-state index is 13.5. The molecule has 1 aromatic heterocycles. The van der Waals surface area contributed by atoms with Gasteiger partial charge in [0.1, 0.15) is 5.82 Å². The maximum Gasteiger partial charge on any atom is 0.231 e. The molecule has 2 aromatic carbocycles. The van der Waals surface area contributed by atoms with Gasteiger partial charge >= 0.3 is 0 Å². The van der Waals surface area contributed by atoms with Gasteiger partial charge in [-0.25, -0.2) is 9.37 Å². The van der Waals surface area contributed by atoms with E-state index in [9.17, 15) is 14.0 Å². The van der Waals surface area contributed by atoms with Crippen molar-refractivity contribution in [3.63, 3.8) is 0 Å². The number of para-hydroxylation sites is 1. The fraction of sp³-hybridized carbons (Fsp3) is 0.346. The molecule has 6 nitrogen and oxygen atoms in total. The molecular weight excluding hydrogens is 487 g/mol. The number of fused-ring (bicyclic) bond motifs is 1. The van der Waals surface area contributed by atoms with Crippen molar-refractivity contribution in [2.45, 2.75) is 31.6 Å². The van der Waals surface area contributed by atoms with Crippen LogP contribution in [-0.4, -0.2) is 47.9 Å². The molecule has 9 heteroatoms. The minimum Gasteiger partial charge on any atom is -0.367 e. The molecule has 0 radical (unpaired) electrons. The van der Waals surface area contributed by atoms with Crippen molar-refractivity contribution in [2.24, 2.45) is 0 Å². The van der Waals surface area contributed by atoms with Gasteiger partial charge in [-0.2, -0.15) is 0 Å². The molecule has 1 atom stereocenters. The number of rotatable bonds is 5. The van der Waals surface area contributed by atoms with Crippen LogP contribution in [0.15, 0.2) is 48.5 Å². The zero-order valence-corrected chi connectivity index (χ0v) is 20.7. The Morgan fingerprint density at radius 1 is 1.09 bits per heavy atom. The molecule has 0 bridgehead atoms. The molecular formula is C26H26ClFN4O2S. The van der Waals surface area contributed by atoms with Gasteiger partial charge in [0.25, 0.3) is 0 Å². The normalized spacial score (nSPS) is 17.7. The van der Waals surface area contributed by atoms with Crippen molar-refractivity contribution in [2.75, 3.05) is 36.4 Å². The first-order valence-electron chi connectivity index (χ1n) is 11.8. The number of thiazole rings is 1. The lowest BCUT2D eigenvalue weighted by Gasteiger charge is -2.38. The van der Waals surface area contributed by atoms with Gasteiger partial charge < -0.3 is 15.1 Å². The molecule has 182 valence electrons. The highest BCUT2D eigenvalue weighted by Crippen LogP contribution is 2.38. The standard InChI is InChI=1S/C26H26ClFN4O2S/c27-20-5-1-2-6-21(20)31-12-14-32(15-13-31)25(34)19-4-3-7-22-24(19)30-26(35-22)29-23(33)16-17-8-10-18(28)11-9-17/h1-2,5-6,8-11,19H,3-4,7,12-16H2,(H,29,30,33). The van der Waals surface area contributed by atoms with Gasteiger partial charge in [0.2, 0.25) is 11.8 Å². The second-order valence-electron chi connectivity index (χ2n) is 8.89. The van der Waals surface area contributed by atoms with Gasteiger partial charge in [-0.15, -0.1) is 11.3 Å². The van der Waals surface area contributed by atoms with Crippen LogP contribution >= 0.6 is 22.9 Å². The van der Waals surface area contributed by atoms with E-state index in [1.54, 1.807) is 12.1 Å². The van der Waals surface area contributed by atoms with Crippen LogP contribution in [0.25, 0.3) is 0 Å². The fourth-order valence-corrected chi connectivity index (χ4v) is 6.10. The number of nitrogens with zero attached hydrogens (tertiary/aromatic N) is 3. The Bertz CT molecular complexity index is 1220. The summed E-state index contributed by atoms with van der Waals surface area (Å²) in [6, 6.07) is 13.7. The van der Waals surface area contributed by atoms with Crippen molar-refractivity contribution in [3.05, 3.63) is 75.5 Å². The van der Waals surface area contributed by atoms with E-state index in [4.69, 9.17) is 11.6 Å². The third-order valence-corrected chi connectivity index (χ3v) is 7.93. The van der Waals surface area contributed by atoms with Crippen molar-refractivity contribution in [1.29, 1.82) is 0 Å². The molecule has 35 heavy (non-hydrogen) atoms. The highest BCUT2D eigenvalue weighted by Gasteiger charge is 2.34. The highest BCUT2D eigenvalue weighted by molar-refractivity contribution is 7.15. The molecule has 1 saturated heterocycles. The number of aromatic nitrogens is 1. The summed E-state index contributed by atoms with van der Waals surface area (Å²) in [5, 5.41) is 4.10. The first-order valence-corrected chi connectivity index (χ1v) is 13.0. The van der Waals surface area contributed by atoms with E-state index in [1.165, 1.54) is 23.5 Å². The number of aryl methyl sites for hydroxylation is 1. The van der Waals surface area contributed by atoms with E-state index in [2.05, 4.69) is 15.2 Å². The number of piperazine rings is 1. The van der Waals surface area contributed by atoms with Crippen LogP contribution in [-0.2, 0) is 22.4 Å². The lowest BCUT2D eigenvalue weighted by Crippen LogP contribution is -2.50. The molecule has 0 spiro atoms. The second-order valence-corrected chi connectivity index (χ2v) is 10.4. The molecule has 1 aliphatic heterocycles. The van der Waals surface area contributed by atoms with Gasteiger partial charge in [-0.05, 0) is 49.1 Å². The summed E-state index contributed by atoms with van der Waals surface area (Å²) in [4.78, 5) is 35.8. The van der Waals surface area contributed by atoms with Gasteiger partial charge in [-0.1, -0.05) is 35.9 Å². The van der Waals surface area contributed by atoms with E-state index in [1.807, 2.05) is 29.2 Å². The number of benzene rings is 2. The Morgan fingerprint density at radius 2 is 1.83 bits per heavy atom. The lowest BCUT2D eigenvalue weighted by molar-refractivity contribution is -0.133. The SMILES string of the molecule is O=C(Cc1ccc(F)cc1)Nc1nc2c(s1)CCCC2C(=O)N1CCN(c2ccccc2Cl)CC1. The molecule has 2 amide bonds. The Morgan fingerprint density at radius 3 is 2.57 bits per heavy atom. The van der Waals surface area contributed by atoms with Gasteiger partial charge in [0.05, 0.1) is 28.7 Å². The predicted octanol–water partition coefficient (Wildman–Crippen LogP) is 4.89. The molecule has 3 aromatic rings. The topological polar surface area (TPSA) is 65.5 Å². The Balaban J connectivity index is 1.22. The number of carbonyl (C=O) groups is 2. The van der Waals surface area contributed by atoms with E-state index in [-0.39, 0.29) is 30.0 Å². The van der Waals surface area contributed by atoms with Crippen LogP contribution in [0.1, 0.15) is 34.9 Å². The number of carbonyl (C=O) groups excluding carboxylic acids is 2. The van der Waals surface area contributed by atoms with Crippen molar-refractivity contribution in [3.8, 4) is 0 Å². The summed E-state index contributed by atoms with van der Waals surface area (Å²) in [6.45, 7) is 2.75. The average Bonchev–Trinajstić information content (AvgIpc) is 3.28. The summed E-state index contributed by atoms with van der Waals surface area (Å²) in [5.41, 5.74) is 2.54. The zero-order valence-electron chi connectivity index (χ0n) is 19.2. The number of nitrogens with one attached hydrogen (secondary N) is 1. The third kappa shape index (κ3) is 5.33. The van der Waals surface area contributed by atoms with E-state index < -0.39 is 0 Å². The summed E-state index contributed by atoms with van der Waals surface area (Å²) < 4.78 is 13.1. The minimum atomic E-state index is -0.331. The predicted molar refractivity (Wildman–Crippen MR) is 137 cm³/mol. The van der Waals surface area contributed by atoms with Crippen molar-refractivity contribution >= 4 is 45.6 Å². The molecule has 0 saturated carbocycles. The molecule has 1 N–H and O–H groups in total. The van der Waals surface area contributed by atoms with Crippen molar-refractivity contribution in [1.82, 2.24) is 9.88 Å². The summed E-state index contributed by atoms with van der Waals surface area (Å²) in [7, 11) is 0. The van der Waals surface area contributed by atoms with Crippen LogP contribution in [0, 0.1) is 5.82 Å². The zero-order chi connectivity index (χ0) is 24.4. The Hall–Kier alpha value is -2.97. The van der Waals surface area contributed by atoms with Crippen molar-refractivity contribution < 1.29 is 14.0 Å². The first-order chi connectivity index (χ1) is 17.0. The smallest absolute Gasteiger partial charge is 0.231 e. The van der Waals surface area contributed by atoms with E-state index in [0.29, 0.717) is 18.2 Å². The largest absolute Gasteiger partial charge is 0.367 e. The number of hydrogen-bond donors (Lipinski definition) is 1. The molecule has 1 fully saturated rings. The molecule has 1 unspecified atom stereocenters. The monoisotopic (exact) mass is 512 g/mol. The molecule has 5 rings (SSSR count). The van der Waals surface area contributed by atoms with E-state index >= 15 is 0 Å². The molecule has 1 aliphatic carbocycles. The first kappa shape index (κ1) is 23.8.